The molecule has 2 aliphatic carbocycles. The molecule has 0 aliphatic heterocycles. The summed E-state index contributed by atoms with van der Waals surface area (Å²) in [5.74, 6) is 0.976. The third kappa shape index (κ3) is 2.43. The quantitative estimate of drug-likeness (QED) is 0.848. The molecule has 1 N–H and O–H groups in total. The first kappa shape index (κ1) is 11.7. The number of hydrogen-bond donors (Lipinski definition) is 1. The van der Waals surface area contributed by atoms with Crippen LogP contribution < -0.4 is 5.32 Å². The van der Waals surface area contributed by atoms with Crippen molar-refractivity contribution >= 4 is 11.3 Å². The Morgan fingerprint density at radius 1 is 1.29 bits per heavy atom. The molecule has 1 heterocycles. The van der Waals surface area contributed by atoms with Crippen molar-refractivity contribution in [3.05, 3.63) is 21.4 Å². The van der Waals surface area contributed by atoms with Crippen LogP contribution in [-0.4, -0.2) is 7.05 Å². The number of hydrogen-bond acceptors (Lipinski definition) is 2. The Balaban J connectivity index is 1.70. The second kappa shape index (κ2) is 5.11. The average Bonchev–Trinajstić information content (AvgIpc) is 3.01. The maximum atomic E-state index is 3.54. The summed E-state index contributed by atoms with van der Waals surface area (Å²) in [6.45, 7) is 0. The minimum Gasteiger partial charge on any atom is -0.312 e. The van der Waals surface area contributed by atoms with Gasteiger partial charge in [-0.15, -0.1) is 11.3 Å². The highest BCUT2D eigenvalue weighted by Crippen LogP contribution is 2.38. The molecule has 1 fully saturated rings. The molecule has 0 saturated heterocycles. The number of aryl methyl sites for hydroxylation is 2. The largest absolute Gasteiger partial charge is 0.312 e. The molecule has 0 spiro atoms. The summed E-state index contributed by atoms with van der Waals surface area (Å²) in [4.78, 5) is 3.27. The molecular weight excluding hydrogens is 226 g/mol. The van der Waals surface area contributed by atoms with Gasteiger partial charge in [-0.1, -0.05) is 25.7 Å². The molecule has 1 aromatic heterocycles. The third-order valence-corrected chi connectivity index (χ3v) is 5.85. The van der Waals surface area contributed by atoms with Gasteiger partial charge in [-0.05, 0) is 50.3 Å². The Bertz CT molecular complexity index is 355. The minimum atomic E-state index is 0.619. The Labute approximate surface area is 109 Å². The van der Waals surface area contributed by atoms with E-state index >= 15 is 0 Å². The molecule has 1 aromatic rings. The van der Waals surface area contributed by atoms with Gasteiger partial charge < -0.3 is 5.32 Å². The molecule has 17 heavy (non-hydrogen) atoms. The van der Waals surface area contributed by atoms with Gasteiger partial charge in [-0.25, -0.2) is 0 Å². The number of rotatable bonds is 4. The first-order valence-corrected chi connectivity index (χ1v) is 7.97. The predicted molar refractivity (Wildman–Crippen MR) is 74.7 cm³/mol. The fourth-order valence-corrected chi connectivity index (χ4v) is 4.86. The summed E-state index contributed by atoms with van der Waals surface area (Å²) in [5.41, 5.74) is 1.65. The van der Waals surface area contributed by atoms with Gasteiger partial charge >= 0.3 is 0 Å². The molecule has 1 atom stereocenters. The van der Waals surface area contributed by atoms with Crippen LogP contribution in [0.3, 0.4) is 0 Å². The lowest BCUT2D eigenvalue weighted by Gasteiger charge is -2.18. The molecule has 2 heteroatoms. The van der Waals surface area contributed by atoms with Gasteiger partial charge in [0.2, 0.25) is 0 Å². The minimum absolute atomic E-state index is 0.619. The van der Waals surface area contributed by atoms with Gasteiger partial charge in [0.05, 0.1) is 0 Å². The molecular formula is C15H23NS. The molecule has 94 valence electrons. The van der Waals surface area contributed by atoms with Crippen molar-refractivity contribution in [2.75, 3.05) is 7.05 Å². The average molecular weight is 249 g/mol. The van der Waals surface area contributed by atoms with E-state index in [0.717, 1.165) is 5.92 Å². The Morgan fingerprint density at radius 3 is 2.82 bits per heavy atom. The highest BCUT2D eigenvalue weighted by molar-refractivity contribution is 7.12. The van der Waals surface area contributed by atoms with Gasteiger partial charge in [0.1, 0.15) is 0 Å². The van der Waals surface area contributed by atoms with Gasteiger partial charge in [-0.2, -0.15) is 0 Å². The van der Waals surface area contributed by atoms with Crippen molar-refractivity contribution in [2.45, 2.75) is 57.4 Å². The van der Waals surface area contributed by atoms with Crippen LogP contribution in [0.25, 0.3) is 0 Å². The lowest BCUT2D eigenvalue weighted by molar-refractivity contribution is 0.417. The molecule has 1 nitrogen and oxygen atoms in total. The standard InChI is InChI=1S/C15H23NS/c1-16-13(9-11-5-2-3-6-11)15-10-12-7-4-8-14(12)17-15/h10-11,13,16H,2-9H2,1H3. The van der Waals surface area contributed by atoms with Gasteiger partial charge in [-0.3, -0.25) is 0 Å². The van der Waals surface area contributed by atoms with E-state index in [9.17, 15) is 0 Å². The molecule has 1 unspecified atom stereocenters. The van der Waals surface area contributed by atoms with Crippen LogP contribution in [0.2, 0.25) is 0 Å². The van der Waals surface area contributed by atoms with Crippen LogP contribution in [0.5, 0.6) is 0 Å². The van der Waals surface area contributed by atoms with E-state index in [1.807, 2.05) is 0 Å². The summed E-state index contributed by atoms with van der Waals surface area (Å²) >= 11 is 2.08. The second-order valence-electron chi connectivity index (χ2n) is 5.68. The highest BCUT2D eigenvalue weighted by Gasteiger charge is 2.23. The summed E-state index contributed by atoms with van der Waals surface area (Å²) in [5, 5.41) is 3.54. The summed E-state index contributed by atoms with van der Waals surface area (Å²) in [6.07, 6.45) is 11.2. The smallest absolute Gasteiger partial charge is 0.0415 e. The van der Waals surface area contributed by atoms with Gasteiger partial charge in [0, 0.05) is 15.8 Å². The van der Waals surface area contributed by atoms with Crippen LogP contribution in [0.1, 0.15) is 59.9 Å². The van der Waals surface area contributed by atoms with Crippen LogP contribution in [0, 0.1) is 5.92 Å². The fraction of sp³-hybridized carbons (Fsp3) is 0.733. The van der Waals surface area contributed by atoms with Crippen molar-refractivity contribution in [3.8, 4) is 0 Å². The monoisotopic (exact) mass is 249 g/mol. The van der Waals surface area contributed by atoms with Crippen LogP contribution in [0.15, 0.2) is 6.07 Å². The van der Waals surface area contributed by atoms with Crippen molar-refractivity contribution in [3.63, 3.8) is 0 Å². The Hall–Kier alpha value is -0.340. The van der Waals surface area contributed by atoms with Crippen LogP contribution in [-0.2, 0) is 12.8 Å². The maximum absolute atomic E-state index is 3.54. The Morgan fingerprint density at radius 2 is 2.12 bits per heavy atom. The van der Waals surface area contributed by atoms with Crippen molar-refractivity contribution in [2.24, 2.45) is 5.92 Å². The zero-order valence-electron chi connectivity index (χ0n) is 10.8. The van der Waals surface area contributed by atoms with Crippen LogP contribution in [0.4, 0.5) is 0 Å². The molecule has 0 amide bonds. The van der Waals surface area contributed by atoms with Crippen molar-refractivity contribution in [1.29, 1.82) is 0 Å². The lowest BCUT2D eigenvalue weighted by atomic mass is 9.97. The molecule has 0 aromatic carbocycles. The summed E-state index contributed by atoms with van der Waals surface area (Å²) < 4.78 is 0. The number of nitrogens with one attached hydrogen (secondary N) is 1. The maximum Gasteiger partial charge on any atom is 0.0415 e. The van der Waals surface area contributed by atoms with Gasteiger partial charge in [0.15, 0.2) is 0 Å². The molecule has 3 rings (SSSR count). The van der Waals surface area contributed by atoms with E-state index in [-0.39, 0.29) is 0 Å². The van der Waals surface area contributed by atoms with E-state index in [2.05, 4.69) is 29.8 Å². The SMILES string of the molecule is CNC(CC1CCCC1)c1cc2c(s1)CCC2. The summed E-state index contributed by atoms with van der Waals surface area (Å²) in [6, 6.07) is 3.11. The predicted octanol–water partition coefficient (Wildman–Crippen LogP) is 4.08. The van der Waals surface area contributed by atoms with E-state index in [1.54, 1.807) is 15.3 Å². The van der Waals surface area contributed by atoms with E-state index in [4.69, 9.17) is 0 Å². The first-order chi connectivity index (χ1) is 8.36. The van der Waals surface area contributed by atoms with Crippen LogP contribution >= 0.6 is 11.3 Å². The second-order valence-corrected chi connectivity index (χ2v) is 6.85. The lowest BCUT2D eigenvalue weighted by Crippen LogP contribution is -2.18. The van der Waals surface area contributed by atoms with E-state index in [1.165, 1.54) is 51.4 Å². The molecule has 2 aliphatic rings. The first-order valence-electron chi connectivity index (χ1n) is 7.15. The van der Waals surface area contributed by atoms with Crippen molar-refractivity contribution < 1.29 is 0 Å². The van der Waals surface area contributed by atoms with Gasteiger partial charge in [0.25, 0.3) is 0 Å². The van der Waals surface area contributed by atoms with E-state index < -0.39 is 0 Å². The normalized spacial score (nSPS) is 21.9. The topological polar surface area (TPSA) is 12.0 Å². The molecule has 0 bridgehead atoms. The molecule has 0 radical (unpaired) electrons. The molecule has 1 saturated carbocycles. The zero-order valence-corrected chi connectivity index (χ0v) is 11.6. The number of fused-ring (bicyclic) bond motifs is 1. The third-order valence-electron chi connectivity index (χ3n) is 4.50. The Kier molecular flexibility index (Phi) is 3.53. The van der Waals surface area contributed by atoms with Crippen molar-refractivity contribution in [1.82, 2.24) is 5.32 Å². The fourth-order valence-electron chi connectivity index (χ4n) is 3.48. The summed E-state index contributed by atoms with van der Waals surface area (Å²) in [7, 11) is 2.13. The number of thiophene rings is 1. The van der Waals surface area contributed by atoms with E-state index in [0.29, 0.717) is 6.04 Å². The highest BCUT2D eigenvalue weighted by atomic mass is 32.1. The zero-order chi connectivity index (χ0) is 11.7.